The van der Waals surface area contributed by atoms with Crippen LogP contribution in [0.1, 0.15) is 43.6 Å². The first-order chi connectivity index (χ1) is 14.2. The summed E-state index contributed by atoms with van der Waals surface area (Å²) < 4.78 is 91.7. The quantitative estimate of drug-likeness (QED) is 0.333. The normalized spacial score (nSPS) is 23.5. The topological polar surface area (TPSA) is 72.5 Å². The smallest absolute Gasteiger partial charge is 0.376 e. The lowest BCUT2D eigenvalue weighted by atomic mass is 9.69. The summed E-state index contributed by atoms with van der Waals surface area (Å²) >= 11 is 12.5. The maximum Gasteiger partial charge on any atom is 0.534 e. The molecule has 0 spiro atoms. The number of hydrogen-bond acceptors (Lipinski definition) is 4. The largest absolute Gasteiger partial charge is 0.534 e. The number of nitrogens with one attached hydrogen (secondary N) is 1. The van der Waals surface area contributed by atoms with Crippen molar-refractivity contribution < 1.29 is 39.3 Å². The van der Waals surface area contributed by atoms with Gasteiger partial charge in [-0.3, -0.25) is 4.79 Å². The molecule has 3 rings (SSSR count). The van der Waals surface area contributed by atoms with Gasteiger partial charge in [0.05, 0.1) is 0 Å². The predicted octanol–water partition coefficient (Wildman–Crippen LogP) is 5.27. The Bertz CT molecular complexity index is 937. The van der Waals surface area contributed by atoms with E-state index in [2.05, 4.69) is 9.50 Å². The van der Waals surface area contributed by atoms with Gasteiger partial charge < -0.3 is 9.50 Å². The van der Waals surface area contributed by atoms with Gasteiger partial charge >= 0.3 is 15.6 Å². The molecule has 5 nitrogen and oxygen atoms in total. The molecule has 0 radical (unpaired) electrons. The molecule has 1 saturated heterocycles. The summed E-state index contributed by atoms with van der Waals surface area (Å²) in [6.45, 7) is 0.378. The highest BCUT2D eigenvalue weighted by atomic mass is 35.5. The lowest BCUT2D eigenvalue weighted by molar-refractivity contribution is -0.123. The number of carbonyl (C=O) groups excluding carboxylic acids is 1. The number of carbonyl (C=O) groups is 1. The van der Waals surface area contributed by atoms with Gasteiger partial charge in [0.15, 0.2) is 0 Å². The van der Waals surface area contributed by atoms with Gasteiger partial charge in [0.2, 0.25) is 11.8 Å². The number of hydrogen-bond donors (Lipinski definition) is 1. The van der Waals surface area contributed by atoms with Crippen molar-refractivity contribution in [2.24, 2.45) is 11.8 Å². The van der Waals surface area contributed by atoms with E-state index in [1.54, 1.807) is 0 Å². The zero-order valence-electron chi connectivity index (χ0n) is 15.8. The maximum atomic E-state index is 13.7. The van der Waals surface area contributed by atoms with Gasteiger partial charge in [0.1, 0.15) is 5.75 Å². The average Bonchev–Trinajstić information content (AvgIpc) is 3.03. The summed E-state index contributed by atoms with van der Waals surface area (Å²) in [6.07, 6.45) is -0.126. The van der Waals surface area contributed by atoms with E-state index in [1.807, 2.05) is 0 Å². The molecule has 2 atom stereocenters. The van der Waals surface area contributed by atoms with Gasteiger partial charge in [0, 0.05) is 53.4 Å². The first kappa shape index (κ1) is 24.3. The fourth-order valence-corrected chi connectivity index (χ4v) is 5.41. The zero-order valence-corrected chi connectivity index (χ0v) is 18.1. The molecule has 1 saturated carbocycles. The fraction of sp³-hybridized carbons (Fsp3) is 0.611. The molecule has 0 aromatic heterocycles. The lowest BCUT2D eigenvalue weighted by Gasteiger charge is -2.37. The van der Waals surface area contributed by atoms with Crippen LogP contribution < -0.4 is 9.50 Å². The molecule has 1 aromatic carbocycles. The highest BCUT2D eigenvalue weighted by molar-refractivity contribution is 7.88. The molecule has 1 amide bonds. The lowest BCUT2D eigenvalue weighted by Crippen LogP contribution is -2.33. The molecule has 2 fully saturated rings. The number of rotatable bonds is 5. The third-order valence-corrected chi connectivity index (χ3v) is 7.27. The van der Waals surface area contributed by atoms with Crippen LogP contribution in [0.4, 0.5) is 22.0 Å². The van der Waals surface area contributed by atoms with E-state index in [0.717, 1.165) is 12.1 Å². The van der Waals surface area contributed by atoms with Crippen LogP contribution in [0.3, 0.4) is 0 Å². The summed E-state index contributed by atoms with van der Waals surface area (Å²) in [7, 11) is -5.94. The van der Waals surface area contributed by atoms with Crippen molar-refractivity contribution in [3.05, 3.63) is 27.7 Å². The van der Waals surface area contributed by atoms with Gasteiger partial charge in [0.25, 0.3) is 0 Å². The third kappa shape index (κ3) is 5.19. The molecule has 1 heterocycles. The van der Waals surface area contributed by atoms with E-state index in [9.17, 15) is 35.2 Å². The Balaban J connectivity index is 1.99. The van der Waals surface area contributed by atoms with E-state index in [-0.39, 0.29) is 53.1 Å². The summed E-state index contributed by atoms with van der Waals surface area (Å²) in [6, 6.07) is 1.73. The predicted molar refractivity (Wildman–Crippen MR) is 103 cm³/mol. The van der Waals surface area contributed by atoms with Crippen LogP contribution in [-0.2, 0) is 14.9 Å². The molecule has 31 heavy (non-hydrogen) atoms. The minimum Gasteiger partial charge on any atom is -0.376 e. The van der Waals surface area contributed by atoms with Gasteiger partial charge in [-0.1, -0.05) is 23.2 Å². The molecule has 13 heteroatoms. The molecule has 174 valence electrons. The first-order valence-corrected chi connectivity index (χ1v) is 11.5. The van der Waals surface area contributed by atoms with Crippen molar-refractivity contribution in [1.29, 1.82) is 0 Å². The molecule has 1 N–H and O–H groups in total. The molecular weight excluding hydrogens is 492 g/mol. The zero-order chi connectivity index (χ0) is 23.2. The maximum absolute atomic E-state index is 13.7. The Morgan fingerprint density at radius 1 is 1.10 bits per heavy atom. The molecule has 1 aliphatic carbocycles. The minimum atomic E-state index is -5.94. The van der Waals surface area contributed by atoms with Crippen molar-refractivity contribution in [3.63, 3.8) is 0 Å². The van der Waals surface area contributed by atoms with Crippen molar-refractivity contribution in [1.82, 2.24) is 5.32 Å². The second-order valence-electron chi connectivity index (χ2n) is 7.69. The Morgan fingerprint density at radius 3 is 2.10 bits per heavy atom. The first-order valence-electron chi connectivity index (χ1n) is 9.37. The van der Waals surface area contributed by atoms with Crippen LogP contribution in [0.2, 0.25) is 10.0 Å². The van der Waals surface area contributed by atoms with Crippen molar-refractivity contribution in [2.45, 2.75) is 49.5 Å². The average molecular weight is 510 g/mol. The van der Waals surface area contributed by atoms with E-state index >= 15 is 0 Å². The van der Waals surface area contributed by atoms with E-state index in [4.69, 9.17) is 23.2 Å². The number of benzene rings is 1. The Kier molecular flexibility index (Phi) is 6.71. The van der Waals surface area contributed by atoms with E-state index < -0.39 is 39.1 Å². The SMILES string of the molecule is O=C1NCCC1C(c1c(Cl)cc(OS(=O)(=O)C(F)(F)F)cc1Cl)C1CCC(F)(F)CC1. The van der Waals surface area contributed by atoms with Crippen molar-refractivity contribution >= 4 is 39.2 Å². The van der Waals surface area contributed by atoms with Crippen LogP contribution in [0.25, 0.3) is 0 Å². The molecule has 2 aliphatic rings. The Morgan fingerprint density at radius 2 is 1.65 bits per heavy atom. The fourth-order valence-electron chi connectivity index (χ4n) is 4.24. The highest BCUT2D eigenvalue weighted by Crippen LogP contribution is 2.50. The monoisotopic (exact) mass is 509 g/mol. The van der Waals surface area contributed by atoms with Crippen molar-refractivity contribution in [3.8, 4) is 5.75 Å². The van der Waals surface area contributed by atoms with Gasteiger partial charge in [-0.25, -0.2) is 8.78 Å². The van der Waals surface area contributed by atoms with Gasteiger partial charge in [-0.2, -0.15) is 21.6 Å². The summed E-state index contributed by atoms with van der Waals surface area (Å²) in [5, 5.41) is 2.26. The summed E-state index contributed by atoms with van der Waals surface area (Å²) in [4.78, 5) is 12.4. The Labute approximate surface area is 185 Å². The second-order valence-corrected chi connectivity index (χ2v) is 10.0. The number of halogens is 7. The molecule has 1 aliphatic heterocycles. The molecule has 2 unspecified atom stereocenters. The van der Waals surface area contributed by atoms with Crippen molar-refractivity contribution in [2.75, 3.05) is 6.54 Å². The molecule has 0 bridgehead atoms. The summed E-state index contributed by atoms with van der Waals surface area (Å²) in [5.41, 5.74) is -5.44. The van der Waals surface area contributed by atoms with Crippen LogP contribution in [0, 0.1) is 11.8 Å². The third-order valence-electron chi connectivity index (χ3n) is 5.67. The molecule has 1 aromatic rings. The minimum absolute atomic E-state index is 0.106. The van der Waals surface area contributed by atoms with Gasteiger partial charge in [-0.15, -0.1) is 0 Å². The number of alkyl halides is 5. The van der Waals surface area contributed by atoms with Crippen LogP contribution >= 0.6 is 23.2 Å². The van der Waals surface area contributed by atoms with Crippen LogP contribution in [0.5, 0.6) is 5.75 Å². The Hall–Kier alpha value is -1.33. The van der Waals surface area contributed by atoms with Crippen LogP contribution in [0.15, 0.2) is 12.1 Å². The number of amides is 1. The van der Waals surface area contributed by atoms with E-state index in [0.29, 0.717) is 13.0 Å². The van der Waals surface area contributed by atoms with E-state index in [1.165, 1.54) is 0 Å². The molecular formula is C18H18Cl2F5NO4S. The second kappa shape index (κ2) is 8.55. The summed E-state index contributed by atoms with van der Waals surface area (Å²) in [5.74, 6) is -5.50. The van der Waals surface area contributed by atoms with Crippen LogP contribution in [-0.4, -0.2) is 32.3 Å². The standard InChI is InChI=1S/C18H18Cl2F5NO4S/c19-12-7-10(30-31(28,29)18(23,24)25)8-13(20)15(12)14(11-3-6-26-16(11)27)9-1-4-17(21,22)5-2-9/h7-9,11,14H,1-6H2,(H,26,27). The highest BCUT2D eigenvalue weighted by Gasteiger charge is 2.49. The van der Waals surface area contributed by atoms with Gasteiger partial charge in [-0.05, 0) is 30.7 Å².